The molecule has 1 N–H and O–H groups in total. The van der Waals surface area contributed by atoms with Crippen LogP contribution in [-0.2, 0) is 14.2 Å². The number of fused-ring (bicyclic) bond motifs is 1. The van der Waals surface area contributed by atoms with Gasteiger partial charge < -0.3 is 19.2 Å². The van der Waals surface area contributed by atoms with E-state index in [1.54, 1.807) is 0 Å². The summed E-state index contributed by atoms with van der Waals surface area (Å²) in [6.07, 6.45) is 10.5. The summed E-state index contributed by atoms with van der Waals surface area (Å²) in [6, 6.07) is 2.15. The van der Waals surface area contributed by atoms with Crippen molar-refractivity contribution in [1.82, 2.24) is 9.97 Å². The van der Waals surface area contributed by atoms with Gasteiger partial charge >= 0.3 is 0 Å². The second-order valence-electron chi connectivity index (χ2n) is 5.80. The molecule has 1 fully saturated rings. The molecule has 0 amide bonds. The second kappa shape index (κ2) is 5.92. The number of pyridine rings is 1. The van der Waals surface area contributed by atoms with E-state index in [0.29, 0.717) is 11.5 Å². The normalized spacial score (nSPS) is 19.4. The fourth-order valence-electron chi connectivity index (χ4n) is 2.82. The van der Waals surface area contributed by atoms with Crippen LogP contribution in [-0.4, -0.2) is 23.4 Å². The first-order valence-electron chi connectivity index (χ1n) is 7.84. The Bertz CT molecular complexity index is 902. The lowest BCUT2D eigenvalue weighted by atomic mass is 10.0. The quantitative estimate of drug-likeness (QED) is 0.923. The molecule has 0 aliphatic carbocycles. The average Bonchev–Trinajstić information content (AvgIpc) is 3.32. The average molecular weight is 322 g/mol. The molecule has 2 aliphatic heterocycles. The summed E-state index contributed by atoms with van der Waals surface area (Å²) in [5, 5.41) is 1.11. The van der Waals surface area contributed by atoms with Crippen LogP contribution in [0.5, 0.6) is 0 Å². The highest BCUT2D eigenvalue weighted by Gasteiger charge is 2.15. The minimum atomic E-state index is 0.231. The summed E-state index contributed by atoms with van der Waals surface area (Å²) < 4.78 is 15.9. The van der Waals surface area contributed by atoms with Crippen molar-refractivity contribution in [3.8, 4) is 0 Å². The van der Waals surface area contributed by atoms with Gasteiger partial charge in [-0.15, -0.1) is 0 Å². The number of rotatable bonds is 3. The molecule has 122 valence electrons. The van der Waals surface area contributed by atoms with Crippen LogP contribution in [0.25, 0.3) is 22.2 Å². The van der Waals surface area contributed by atoms with Gasteiger partial charge in [0, 0.05) is 29.8 Å². The summed E-state index contributed by atoms with van der Waals surface area (Å²) in [5.74, 6) is 1.23. The lowest BCUT2D eigenvalue weighted by molar-refractivity contribution is 0.0980. The Labute approximate surface area is 139 Å². The van der Waals surface area contributed by atoms with Crippen molar-refractivity contribution in [3.05, 3.63) is 66.1 Å². The van der Waals surface area contributed by atoms with Crippen molar-refractivity contribution in [1.29, 1.82) is 0 Å². The van der Waals surface area contributed by atoms with Gasteiger partial charge in [-0.2, -0.15) is 0 Å². The standard InChI is InChI=1S/C19H18N2O3/c1-12(3-4-18-13(2)23-11-24-18)15-7-16-17(14-5-6-22-10-14)9-21-19(16)20-8-15/h3-4,7-10H,2,5-6,11H2,1H3,(H,20,21)/b12-3+,18-4+. The van der Waals surface area contributed by atoms with Crippen molar-refractivity contribution in [2.75, 3.05) is 13.4 Å². The van der Waals surface area contributed by atoms with Crippen molar-refractivity contribution in [2.45, 2.75) is 13.3 Å². The monoisotopic (exact) mass is 322 g/mol. The Hall–Kier alpha value is -2.95. The number of nitrogens with one attached hydrogen (secondary N) is 1. The van der Waals surface area contributed by atoms with Gasteiger partial charge in [-0.25, -0.2) is 4.98 Å². The lowest BCUT2D eigenvalue weighted by Gasteiger charge is -2.03. The predicted molar refractivity (Wildman–Crippen MR) is 92.6 cm³/mol. The van der Waals surface area contributed by atoms with Gasteiger partial charge in [0.05, 0.1) is 12.9 Å². The predicted octanol–water partition coefficient (Wildman–Crippen LogP) is 4.13. The molecule has 0 spiro atoms. The molecule has 0 bridgehead atoms. The minimum absolute atomic E-state index is 0.231. The van der Waals surface area contributed by atoms with Gasteiger partial charge in [0.25, 0.3) is 0 Å². The first-order chi connectivity index (χ1) is 11.7. The van der Waals surface area contributed by atoms with Crippen LogP contribution in [0, 0.1) is 0 Å². The Balaban J connectivity index is 1.69. The van der Waals surface area contributed by atoms with Gasteiger partial charge in [-0.1, -0.05) is 12.7 Å². The molecule has 2 aliphatic rings. The van der Waals surface area contributed by atoms with Crippen LogP contribution in [0.2, 0.25) is 0 Å². The first-order valence-corrected chi connectivity index (χ1v) is 7.84. The molecular formula is C19H18N2O3. The maximum Gasteiger partial charge on any atom is 0.231 e. The van der Waals surface area contributed by atoms with Gasteiger partial charge in [-0.3, -0.25) is 0 Å². The van der Waals surface area contributed by atoms with Crippen LogP contribution in [0.1, 0.15) is 24.5 Å². The second-order valence-corrected chi connectivity index (χ2v) is 5.80. The fourth-order valence-corrected chi connectivity index (χ4v) is 2.82. The van der Waals surface area contributed by atoms with E-state index in [9.17, 15) is 0 Å². The first kappa shape index (κ1) is 14.6. The molecule has 5 nitrogen and oxygen atoms in total. The van der Waals surface area contributed by atoms with Gasteiger partial charge in [-0.05, 0) is 35.8 Å². The Kier molecular flexibility index (Phi) is 3.61. The summed E-state index contributed by atoms with van der Waals surface area (Å²) in [4.78, 5) is 7.76. The summed E-state index contributed by atoms with van der Waals surface area (Å²) in [7, 11) is 0. The Morgan fingerprint density at radius 2 is 2.29 bits per heavy atom. The fraction of sp³-hybridized carbons (Fsp3) is 0.211. The summed E-state index contributed by atoms with van der Waals surface area (Å²) >= 11 is 0. The van der Waals surface area contributed by atoms with E-state index in [0.717, 1.165) is 40.8 Å². The number of hydrogen-bond donors (Lipinski definition) is 1. The van der Waals surface area contributed by atoms with E-state index in [1.165, 1.54) is 5.57 Å². The number of aromatic nitrogens is 2. The van der Waals surface area contributed by atoms with Gasteiger partial charge in [0.1, 0.15) is 5.65 Å². The Morgan fingerprint density at radius 1 is 1.38 bits per heavy atom. The topological polar surface area (TPSA) is 56.4 Å². The number of hydrogen-bond acceptors (Lipinski definition) is 4. The maximum atomic E-state index is 5.36. The Morgan fingerprint density at radius 3 is 3.04 bits per heavy atom. The molecule has 2 aromatic rings. The molecule has 5 heteroatoms. The zero-order valence-electron chi connectivity index (χ0n) is 13.5. The molecule has 4 rings (SSSR count). The number of ether oxygens (including phenoxy) is 3. The van der Waals surface area contributed by atoms with E-state index in [-0.39, 0.29) is 6.79 Å². The molecule has 1 saturated heterocycles. The van der Waals surface area contributed by atoms with E-state index in [1.807, 2.05) is 37.7 Å². The van der Waals surface area contributed by atoms with E-state index < -0.39 is 0 Å². The smallest absolute Gasteiger partial charge is 0.231 e. The molecule has 4 heterocycles. The van der Waals surface area contributed by atoms with E-state index in [2.05, 4.69) is 22.6 Å². The number of aromatic amines is 1. The van der Waals surface area contributed by atoms with Crippen LogP contribution >= 0.6 is 0 Å². The molecule has 0 aromatic carbocycles. The lowest BCUT2D eigenvalue weighted by Crippen LogP contribution is -1.86. The third kappa shape index (κ3) is 2.58. The molecule has 24 heavy (non-hydrogen) atoms. The summed E-state index contributed by atoms with van der Waals surface area (Å²) in [6.45, 7) is 6.82. The zero-order valence-corrected chi connectivity index (χ0v) is 13.5. The molecule has 2 aromatic heterocycles. The van der Waals surface area contributed by atoms with Crippen molar-refractivity contribution in [3.63, 3.8) is 0 Å². The molecule has 0 radical (unpaired) electrons. The van der Waals surface area contributed by atoms with Crippen molar-refractivity contribution >= 4 is 22.2 Å². The van der Waals surface area contributed by atoms with E-state index in [4.69, 9.17) is 14.2 Å². The van der Waals surface area contributed by atoms with Gasteiger partial charge in [0.2, 0.25) is 6.79 Å². The number of allylic oxidation sites excluding steroid dienone is 3. The molecule has 0 unspecified atom stereocenters. The third-order valence-electron chi connectivity index (χ3n) is 4.25. The highest BCUT2D eigenvalue weighted by Crippen LogP contribution is 2.30. The van der Waals surface area contributed by atoms with Crippen LogP contribution in [0.3, 0.4) is 0 Å². The highest BCUT2D eigenvalue weighted by molar-refractivity contribution is 5.92. The third-order valence-corrected chi connectivity index (χ3v) is 4.25. The van der Waals surface area contributed by atoms with Crippen molar-refractivity contribution < 1.29 is 14.2 Å². The number of H-pyrrole nitrogens is 1. The van der Waals surface area contributed by atoms with Crippen LogP contribution in [0.4, 0.5) is 0 Å². The van der Waals surface area contributed by atoms with E-state index >= 15 is 0 Å². The minimum Gasteiger partial charge on any atom is -0.501 e. The molecular weight excluding hydrogens is 304 g/mol. The van der Waals surface area contributed by atoms with Crippen molar-refractivity contribution in [2.24, 2.45) is 0 Å². The highest BCUT2D eigenvalue weighted by atomic mass is 16.7. The van der Waals surface area contributed by atoms with Crippen LogP contribution < -0.4 is 0 Å². The number of nitrogens with zero attached hydrogens (tertiary/aromatic N) is 1. The SMILES string of the molecule is C=C1OCO/C1=C/C=C(\C)c1cnc2[nH]cc(C3=COCC3)c2c1. The van der Waals surface area contributed by atoms with Crippen LogP contribution in [0.15, 0.2) is 55.0 Å². The van der Waals surface area contributed by atoms with Gasteiger partial charge in [0.15, 0.2) is 11.5 Å². The summed E-state index contributed by atoms with van der Waals surface area (Å²) in [5.41, 5.74) is 5.39. The molecule has 0 atom stereocenters. The zero-order chi connectivity index (χ0) is 16.5. The molecule has 0 saturated carbocycles. The maximum absolute atomic E-state index is 5.36. The largest absolute Gasteiger partial charge is 0.501 e.